The number of amides is 4. The lowest BCUT2D eigenvalue weighted by Crippen LogP contribution is -2.54. The quantitative estimate of drug-likeness (QED) is 0.449. The molecule has 2 saturated heterocycles. The van der Waals surface area contributed by atoms with Crippen LogP contribution in [0.5, 0.6) is 0 Å². The Morgan fingerprint density at radius 1 is 0.977 bits per heavy atom. The maximum atomic E-state index is 14.8. The Labute approximate surface area is 248 Å². The van der Waals surface area contributed by atoms with E-state index in [1.165, 1.54) is 17.0 Å². The molecule has 3 aliphatic rings. The molecule has 3 aromatic rings. The second-order valence-electron chi connectivity index (χ2n) is 11.4. The summed E-state index contributed by atoms with van der Waals surface area (Å²) in [5.74, 6) is -1.87. The van der Waals surface area contributed by atoms with Crippen molar-refractivity contribution < 1.29 is 27.9 Å². The van der Waals surface area contributed by atoms with E-state index in [0.717, 1.165) is 17.2 Å². The fraction of sp³-hybridized carbons (Fsp3) is 0.375. The number of urea groups is 1. The Morgan fingerprint density at radius 3 is 2.56 bits per heavy atom. The molecule has 0 aliphatic carbocycles. The van der Waals surface area contributed by atoms with Crippen LogP contribution in [0.25, 0.3) is 0 Å². The fourth-order valence-electron chi connectivity index (χ4n) is 6.45. The van der Waals surface area contributed by atoms with Crippen LogP contribution in [0.4, 0.5) is 24.2 Å². The van der Waals surface area contributed by atoms with Gasteiger partial charge in [0.15, 0.2) is 11.6 Å². The number of fused-ring (bicyclic) bond motifs is 2. The van der Waals surface area contributed by atoms with Gasteiger partial charge in [-0.25, -0.2) is 23.4 Å². The van der Waals surface area contributed by atoms with Gasteiger partial charge >= 0.3 is 12.1 Å². The number of rotatable bonds is 4. The highest BCUT2D eigenvalue weighted by molar-refractivity contribution is 6.05. The van der Waals surface area contributed by atoms with Crippen LogP contribution in [0, 0.1) is 11.6 Å². The summed E-state index contributed by atoms with van der Waals surface area (Å²) in [6, 6.07) is 16.3. The highest BCUT2D eigenvalue weighted by Gasteiger charge is 2.49. The maximum Gasteiger partial charge on any atom is 0.410 e. The van der Waals surface area contributed by atoms with Gasteiger partial charge in [0.25, 0.3) is 0 Å². The van der Waals surface area contributed by atoms with Gasteiger partial charge in [-0.15, -0.1) is 0 Å². The van der Waals surface area contributed by atoms with E-state index >= 15 is 0 Å². The van der Waals surface area contributed by atoms with Crippen LogP contribution in [-0.4, -0.2) is 65.0 Å². The van der Waals surface area contributed by atoms with Crippen LogP contribution < -0.4 is 10.6 Å². The number of aromatic nitrogens is 1. The number of ether oxygens (including phenoxy) is 1. The van der Waals surface area contributed by atoms with Gasteiger partial charge < -0.3 is 25.2 Å². The zero-order chi connectivity index (χ0) is 30.0. The van der Waals surface area contributed by atoms with Gasteiger partial charge in [0, 0.05) is 49.9 Å². The van der Waals surface area contributed by atoms with E-state index in [4.69, 9.17) is 4.74 Å². The minimum atomic E-state index is -0.943. The zero-order valence-corrected chi connectivity index (χ0v) is 23.6. The van der Waals surface area contributed by atoms with Crippen molar-refractivity contribution in [2.24, 2.45) is 0 Å². The molecule has 2 aromatic carbocycles. The van der Waals surface area contributed by atoms with E-state index in [9.17, 15) is 23.2 Å². The molecule has 2 fully saturated rings. The number of pyridine rings is 1. The number of likely N-dealkylation sites (tertiary alicyclic amines) is 2. The summed E-state index contributed by atoms with van der Waals surface area (Å²) in [5.41, 5.74) is 1.17. The maximum absolute atomic E-state index is 14.8. The van der Waals surface area contributed by atoms with E-state index in [1.807, 2.05) is 42.5 Å². The molecule has 2 N–H and O–H groups in total. The van der Waals surface area contributed by atoms with Gasteiger partial charge in [-0.2, -0.15) is 0 Å². The number of piperidine rings is 1. The molecule has 11 heteroatoms. The Bertz CT molecular complexity index is 1510. The average molecular weight is 590 g/mol. The summed E-state index contributed by atoms with van der Waals surface area (Å²) in [6.07, 6.45) is 2.87. The largest absolute Gasteiger partial charge is 0.445 e. The van der Waals surface area contributed by atoms with Gasteiger partial charge in [-0.05, 0) is 48.9 Å². The molecule has 6 rings (SSSR count). The summed E-state index contributed by atoms with van der Waals surface area (Å²) < 4.78 is 34.5. The van der Waals surface area contributed by atoms with Crippen LogP contribution in [0.2, 0.25) is 0 Å². The van der Waals surface area contributed by atoms with Gasteiger partial charge in [-0.3, -0.25) is 4.79 Å². The molecule has 0 unspecified atom stereocenters. The van der Waals surface area contributed by atoms with Gasteiger partial charge in [0.1, 0.15) is 12.4 Å². The summed E-state index contributed by atoms with van der Waals surface area (Å²) in [5, 5.41) is 5.92. The number of hydrogen-bond acceptors (Lipinski definition) is 5. The Kier molecular flexibility index (Phi) is 7.96. The second-order valence-corrected chi connectivity index (χ2v) is 11.4. The molecule has 4 heterocycles. The molecule has 0 bridgehead atoms. The molecular weight excluding hydrogens is 556 g/mol. The van der Waals surface area contributed by atoms with Crippen molar-refractivity contribution in [3.05, 3.63) is 95.2 Å². The number of nitrogens with one attached hydrogen (secondary N) is 2. The highest BCUT2D eigenvalue weighted by atomic mass is 19.2. The van der Waals surface area contributed by atoms with E-state index in [0.29, 0.717) is 44.6 Å². The number of carbonyl (C=O) groups excluding carboxylic acids is 3. The Morgan fingerprint density at radius 2 is 1.77 bits per heavy atom. The zero-order valence-electron chi connectivity index (χ0n) is 23.6. The third kappa shape index (κ3) is 5.76. The van der Waals surface area contributed by atoms with Crippen LogP contribution >= 0.6 is 0 Å². The minimum Gasteiger partial charge on any atom is -0.445 e. The molecule has 224 valence electrons. The number of benzene rings is 2. The normalized spacial score (nSPS) is 21.1. The van der Waals surface area contributed by atoms with E-state index < -0.39 is 35.1 Å². The van der Waals surface area contributed by atoms with Gasteiger partial charge in [-0.1, -0.05) is 48.5 Å². The lowest BCUT2D eigenvalue weighted by Gasteiger charge is -2.38. The van der Waals surface area contributed by atoms with Crippen molar-refractivity contribution in [3.63, 3.8) is 0 Å². The highest BCUT2D eigenvalue weighted by Crippen LogP contribution is 2.43. The first-order chi connectivity index (χ1) is 20.8. The number of carbonyl (C=O) groups is 3. The van der Waals surface area contributed by atoms with E-state index in [2.05, 4.69) is 15.6 Å². The fourth-order valence-corrected chi connectivity index (χ4v) is 6.45. The monoisotopic (exact) mass is 589 g/mol. The first kappa shape index (κ1) is 28.6. The first-order valence-corrected chi connectivity index (χ1v) is 14.6. The number of halogens is 2. The molecule has 1 spiro atoms. The first-order valence-electron chi connectivity index (χ1n) is 14.6. The SMILES string of the molecule is O=C(N[C@@H]1CC[C@@H](c2cccc(F)c2F)CN(C(=O)OCc2ccccc2)C1)N1CCC2(CC1)C(=O)Nc1ncccc12. The summed E-state index contributed by atoms with van der Waals surface area (Å²) in [7, 11) is 0. The molecule has 43 heavy (non-hydrogen) atoms. The summed E-state index contributed by atoms with van der Waals surface area (Å²) in [4.78, 5) is 47.0. The third-order valence-electron chi connectivity index (χ3n) is 8.85. The molecule has 1 aromatic heterocycles. The van der Waals surface area contributed by atoms with Crippen molar-refractivity contribution in [1.82, 2.24) is 20.1 Å². The summed E-state index contributed by atoms with van der Waals surface area (Å²) in [6.45, 7) is 1.09. The third-order valence-corrected chi connectivity index (χ3v) is 8.85. The van der Waals surface area contributed by atoms with Crippen LogP contribution in [0.1, 0.15) is 48.3 Å². The van der Waals surface area contributed by atoms with Crippen molar-refractivity contribution >= 4 is 23.8 Å². The average Bonchev–Trinajstić information content (AvgIpc) is 3.15. The lowest BCUT2D eigenvalue weighted by atomic mass is 9.74. The number of hydrogen-bond donors (Lipinski definition) is 2. The standard InChI is InChI=1S/C32H33F2N5O4/c33-26-10-4-8-24(27(26)34)22-11-12-23(19-39(18-22)31(42)43-20-21-6-2-1-3-7-21)36-30(41)38-16-13-32(14-17-38)25-9-5-15-35-28(25)37-29(32)40/h1-10,15,22-23H,11-14,16-20H2,(H,36,41)(H,35,37,40)/t22-,23-/m1/s1. The molecular formula is C32H33F2N5O4. The van der Waals surface area contributed by atoms with E-state index in [-0.39, 0.29) is 37.2 Å². The van der Waals surface area contributed by atoms with Crippen LogP contribution in [0.15, 0.2) is 66.9 Å². The van der Waals surface area contributed by atoms with Gasteiger partial charge in [0.2, 0.25) is 5.91 Å². The molecule has 2 atom stereocenters. The number of nitrogens with zero attached hydrogens (tertiary/aromatic N) is 3. The molecule has 3 aliphatic heterocycles. The lowest BCUT2D eigenvalue weighted by molar-refractivity contribution is -0.122. The molecule has 0 radical (unpaired) electrons. The Hall–Kier alpha value is -4.54. The van der Waals surface area contributed by atoms with Gasteiger partial charge in [0.05, 0.1) is 5.41 Å². The predicted molar refractivity (Wildman–Crippen MR) is 154 cm³/mol. The summed E-state index contributed by atoms with van der Waals surface area (Å²) >= 11 is 0. The van der Waals surface area contributed by atoms with Crippen molar-refractivity contribution in [1.29, 1.82) is 0 Å². The van der Waals surface area contributed by atoms with Crippen molar-refractivity contribution in [2.45, 2.75) is 49.7 Å². The minimum absolute atomic E-state index is 0.0634. The van der Waals surface area contributed by atoms with Crippen LogP contribution in [-0.2, 0) is 21.6 Å². The smallest absolute Gasteiger partial charge is 0.410 e. The second kappa shape index (κ2) is 12.0. The predicted octanol–water partition coefficient (Wildman–Crippen LogP) is 4.94. The topological polar surface area (TPSA) is 104 Å². The molecule has 9 nitrogen and oxygen atoms in total. The van der Waals surface area contributed by atoms with Crippen molar-refractivity contribution in [2.75, 3.05) is 31.5 Å². The van der Waals surface area contributed by atoms with E-state index in [1.54, 1.807) is 11.1 Å². The number of anilines is 1. The van der Waals surface area contributed by atoms with Crippen molar-refractivity contribution in [3.8, 4) is 0 Å². The molecule has 4 amide bonds. The Balaban J connectivity index is 1.14. The van der Waals surface area contributed by atoms with Crippen LogP contribution in [0.3, 0.4) is 0 Å². The molecule has 0 saturated carbocycles.